The molecule has 2 rings (SSSR count). The monoisotopic (exact) mass is 412 g/mol. The number of hydrogen-bond donors (Lipinski definition) is 0. The Morgan fingerprint density at radius 1 is 0.857 bits per heavy atom. The molecule has 0 N–H and O–H groups in total. The Bertz CT molecular complexity index is 676. The lowest BCUT2D eigenvalue weighted by molar-refractivity contribution is 0.626. The smallest absolute Gasteiger partial charge is 0.124 e. The summed E-state index contributed by atoms with van der Waals surface area (Å²) in [6, 6.07) is 4.86. The fraction of sp³-hybridized carbons (Fsp3) is 0.333. The van der Waals surface area contributed by atoms with Gasteiger partial charge in [0, 0.05) is 4.47 Å². The van der Waals surface area contributed by atoms with Crippen LogP contribution in [-0.2, 0) is 0 Å². The maximum atomic E-state index is 13.3. The molecule has 2 aromatic carbocycles. The molecule has 112 valence electrons. The Kier molecular flexibility index (Phi) is 4.94. The van der Waals surface area contributed by atoms with Gasteiger partial charge < -0.3 is 0 Å². The van der Waals surface area contributed by atoms with Crippen LogP contribution in [0.1, 0.15) is 43.8 Å². The lowest BCUT2D eigenvalue weighted by atomic mass is 9.87. The highest BCUT2D eigenvalue weighted by Crippen LogP contribution is 2.41. The van der Waals surface area contributed by atoms with E-state index in [4.69, 9.17) is 0 Å². The summed E-state index contributed by atoms with van der Waals surface area (Å²) >= 11 is 7.29. The first kappa shape index (κ1) is 16.7. The van der Waals surface area contributed by atoms with Crippen molar-refractivity contribution in [3.05, 3.63) is 67.4 Å². The van der Waals surface area contributed by atoms with Crippen molar-refractivity contribution >= 4 is 31.9 Å². The van der Waals surface area contributed by atoms with Gasteiger partial charge >= 0.3 is 0 Å². The molecule has 1 atom stereocenters. The van der Waals surface area contributed by atoms with Gasteiger partial charge in [0.15, 0.2) is 0 Å². The van der Waals surface area contributed by atoms with Crippen LogP contribution in [-0.4, -0.2) is 0 Å². The zero-order valence-electron chi connectivity index (χ0n) is 12.9. The minimum Gasteiger partial charge on any atom is -0.207 e. The van der Waals surface area contributed by atoms with Crippen LogP contribution in [0.2, 0.25) is 0 Å². The molecule has 0 saturated carbocycles. The first-order valence-electron chi connectivity index (χ1n) is 6.91. The molecule has 0 radical (unpaired) electrons. The molecule has 3 heteroatoms. The molecule has 0 spiro atoms. The van der Waals surface area contributed by atoms with E-state index < -0.39 is 0 Å². The van der Waals surface area contributed by atoms with Gasteiger partial charge in [-0.05, 0) is 85.7 Å². The van der Waals surface area contributed by atoms with E-state index >= 15 is 0 Å². The molecule has 0 aliphatic heterocycles. The summed E-state index contributed by atoms with van der Waals surface area (Å²) in [5.74, 6) is -0.227. The van der Waals surface area contributed by atoms with Crippen molar-refractivity contribution in [1.82, 2.24) is 0 Å². The largest absolute Gasteiger partial charge is 0.207 e. The van der Waals surface area contributed by atoms with Crippen molar-refractivity contribution in [2.24, 2.45) is 0 Å². The first-order chi connectivity index (χ1) is 9.75. The highest BCUT2D eigenvalue weighted by Gasteiger charge is 2.21. The molecule has 0 heterocycles. The Hall–Kier alpha value is -0.670. The Labute approximate surface area is 143 Å². The van der Waals surface area contributed by atoms with E-state index in [1.165, 1.54) is 45.5 Å². The van der Waals surface area contributed by atoms with Crippen LogP contribution in [0, 0.1) is 40.4 Å². The molecule has 21 heavy (non-hydrogen) atoms. The molecular weight excluding hydrogens is 395 g/mol. The maximum Gasteiger partial charge on any atom is 0.124 e. The van der Waals surface area contributed by atoms with Crippen molar-refractivity contribution < 1.29 is 4.39 Å². The molecule has 1 unspecified atom stereocenters. The molecule has 2 aromatic rings. The van der Waals surface area contributed by atoms with E-state index in [0.717, 1.165) is 10.0 Å². The molecule has 0 nitrogen and oxygen atoms in total. The van der Waals surface area contributed by atoms with Crippen LogP contribution in [0.25, 0.3) is 0 Å². The summed E-state index contributed by atoms with van der Waals surface area (Å²) in [7, 11) is 0. The SMILES string of the molecule is Cc1c(C)c(C)c(C(Br)c2ccc(F)cc2Br)c(C)c1C. The van der Waals surface area contributed by atoms with Gasteiger partial charge in [0.05, 0.1) is 4.83 Å². The van der Waals surface area contributed by atoms with Gasteiger partial charge in [0.1, 0.15) is 5.82 Å². The Morgan fingerprint density at radius 3 is 1.81 bits per heavy atom. The van der Waals surface area contributed by atoms with Gasteiger partial charge in [-0.2, -0.15) is 0 Å². The molecule has 0 fully saturated rings. The van der Waals surface area contributed by atoms with Crippen molar-refractivity contribution in [1.29, 1.82) is 0 Å². The first-order valence-corrected chi connectivity index (χ1v) is 8.62. The van der Waals surface area contributed by atoms with Crippen LogP contribution in [0.4, 0.5) is 4.39 Å². The van der Waals surface area contributed by atoms with Crippen molar-refractivity contribution in [2.45, 2.75) is 39.4 Å². The quantitative estimate of drug-likeness (QED) is 0.485. The third kappa shape index (κ3) is 2.95. The molecule has 0 saturated heterocycles. The van der Waals surface area contributed by atoms with Gasteiger partial charge in [-0.3, -0.25) is 0 Å². The second-order valence-electron chi connectivity index (χ2n) is 5.57. The summed E-state index contributed by atoms with van der Waals surface area (Å²) in [5, 5.41) is 0. The van der Waals surface area contributed by atoms with E-state index in [2.05, 4.69) is 66.5 Å². The number of hydrogen-bond acceptors (Lipinski definition) is 0. The minimum absolute atomic E-state index is 0.0467. The second-order valence-corrected chi connectivity index (χ2v) is 7.34. The summed E-state index contributed by atoms with van der Waals surface area (Å²) in [4.78, 5) is 0.0467. The molecule has 0 aliphatic carbocycles. The van der Waals surface area contributed by atoms with Gasteiger partial charge in [-0.15, -0.1) is 0 Å². The third-order valence-electron chi connectivity index (χ3n) is 4.55. The highest BCUT2D eigenvalue weighted by atomic mass is 79.9. The fourth-order valence-corrected chi connectivity index (χ4v) is 4.74. The van der Waals surface area contributed by atoms with Crippen molar-refractivity contribution in [3.63, 3.8) is 0 Å². The molecule has 0 aromatic heterocycles. The average molecular weight is 414 g/mol. The normalized spacial score (nSPS) is 12.6. The number of rotatable bonds is 2. The van der Waals surface area contributed by atoms with Gasteiger partial charge in [-0.25, -0.2) is 4.39 Å². The number of halogens is 3. The van der Waals surface area contributed by atoms with Gasteiger partial charge in [0.2, 0.25) is 0 Å². The van der Waals surface area contributed by atoms with Crippen LogP contribution >= 0.6 is 31.9 Å². The van der Waals surface area contributed by atoms with Gasteiger partial charge in [0.25, 0.3) is 0 Å². The number of benzene rings is 2. The molecule has 0 aliphatic rings. The van der Waals surface area contributed by atoms with Gasteiger partial charge in [-0.1, -0.05) is 37.9 Å². The van der Waals surface area contributed by atoms with Crippen LogP contribution in [0.15, 0.2) is 22.7 Å². The van der Waals surface area contributed by atoms with E-state index in [1.807, 2.05) is 6.07 Å². The topological polar surface area (TPSA) is 0 Å². The molecular formula is C18H19Br2F. The number of alkyl halides is 1. The zero-order chi connectivity index (χ0) is 15.9. The fourth-order valence-electron chi connectivity index (χ4n) is 2.77. The Morgan fingerprint density at radius 2 is 1.33 bits per heavy atom. The third-order valence-corrected chi connectivity index (χ3v) is 6.18. The summed E-state index contributed by atoms with van der Waals surface area (Å²) < 4.78 is 14.1. The van der Waals surface area contributed by atoms with Crippen LogP contribution in [0.3, 0.4) is 0 Å². The van der Waals surface area contributed by atoms with E-state index in [-0.39, 0.29) is 10.6 Å². The predicted octanol–water partition coefficient (Wildman–Crippen LogP) is 6.61. The maximum absolute atomic E-state index is 13.3. The average Bonchev–Trinajstić information content (AvgIpc) is 2.43. The molecule has 0 bridgehead atoms. The predicted molar refractivity (Wildman–Crippen MR) is 95.0 cm³/mol. The summed E-state index contributed by atoms with van der Waals surface area (Å²) in [6.07, 6.45) is 0. The minimum atomic E-state index is -0.227. The van der Waals surface area contributed by atoms with Crippen molar-refractivity contribution in [2.75, 3.05) is 0 Å². The summed E-state index contributed by atoms with van der Waals surface area (Å²) in [6.45, 7) is 10.8. The molecule has 0 amide bonds. The van der Waals surface area contributed by atoms with Crippen LogP contribution < -0.4 is 0 Å². The lowest BCUT2D eigenvalue weighted by Gasteiger charge is -2.23. The highest BCUT2D eigenvalue weighted by molar-refractivity contribution is 9.11. The zero-order valence-corrected chi connectivity index (χ0v) is 16.1. The van der Waals surface area contributed by atoms with E-state index in [9.17, 15) is 4.39 Å². The van der Waals surface area contributed by atoms with E-state index in [1.54, 1.807) is 0 Å². The second kappa shape index (κ2) is 6.21. The Balaban J connectivity index is 2.66. The summed E-state index contributed by atoms with van der Waals surface area (Å²) in [5.41, 5.74) is 8.94. The van der Waals surface area contributed by atoms with Crippen LogP contribution in [0.5, 0.6) is 0 Å². The lowest BCUT2D eigenvalue weighted by Crippen LogP contribution is -2.06. The van der Waals surface area contributed by atoms with E-state index in [0.29, 0.717) is 0 Å². The van der Waals surface area contributed by atoms with Crippen molar-refractivity contribution in [3.8, 4) is 0 Å². The standard InChI is InChI=1S/C18H19Br2F/c1-9-10(2)12(4)17(13(5)11(9)3)18(20)15-7-6-14(21)8-16(15)19/h6-8,18H,1-5H3.